The number of nitrogens with zero attached hydrogens (tertiary/aromatic N) is 2. The number of aryl methyl sites for hydroxylation is 1. The zero-order valence-corrected chi connectivity index (χ0v) is 15.9. The zero-order valence-electron chi connectivity index (χ0n) is 15.9. The quantitative estimate of drug-likeness (QED) is 0.845. The fourth-order valence-electron chi connectivity index (χ4n) is 3.49. The molecule has 3 rings (SSSR count). The van der Waals surface area contributed by atoms with Crippen molar-refractivity contribution < 1.29 is 14.7 Å². The summed E-state index contributed by atoms with van der Waals surface area (Å²) in [4.78, 5) is 28.2. The molecule has 26 heavy (non-hydrogen) atoms. The van der Waals surface area contributed by atoms with Gasteiger partial charge in [-0.05, 0) is 48.8 Å². The lowest BCUT2D eigenvalue weighted by atomic mass is 9.91. The highest BCUT2D eigenvalue weighted by Crippen LogP contribution is 2.39. The summed E-state index contributed by atoms with van der Waals surface area (Å²) in [6.45, 7) is 8.04. The highest BCUT2D eigenvalue weighted by molar-refractivity contribution is 5.93. The van der Waals surface area contributed by atoms with Crippen molar-refractivity contribution in [3.63, 3.8) is 0 Å². The van der Waals surface area contributed by atoms with Crippen LogP contribution in [0.3, 0.4) is 0 Å². The number of fused-ring (bicyclic) bond motifs is 1. The molecule has 0 radical (unpaired) electrons. The Morgan fingerprint density at radius 2 is 2.00 bits per heavy atom. The molecule has 0 atom stereocenters. The van der Waals surface area contributed by atoms with Crippen LogP contribution < -0.4 is 5.32 Å². The number of benzene rings is 1. The SMILES string of the molecule is Cc1c(CC(=O)O)ccc2nc(NC(=O)CC(C)(C)C)n(C3CCC3)c12. The van der Waals surface area contributed by atoms with Crippen molar-refractivity contribution in [2.75, 3.05) is 5.32 Å². The number of aliphatic carboxylic acids is 1. The van der Waals surface area contributed by atoms with Gasteiger partial charge in [0.25, 0.3) is 0 Å². The van der Waals surface area contributed by atoms with Crippen LogP contribution in [-0.4, -0.2) is 26.5 Å². The molecule has 2 aromatic rings. The maximum Gasteiger partial charge on any atom is 0.307 e. The molecule has 0 spiro atoms. The van der Waals surface area contributed by atoms with Gasteiger partial charge in [0.1, 0.15) is 0 Å². The molecule has 0 aliphatic heterocycles. The number of carboxylic acids is 1. The van der Waals surface area contributed by atoms with Crippen LogP contribution in [0.4, 0.5) is 5.95 Å². The number of anilines is 1. The molecular weight excluding hydrogens is 330 g/mol. The number of imidazole rings is 1. The lowest BCUT2D eigenvalue weighted by Crippen LogP contribution is -2.24. The van der Waals surface area contributed by atoms with Gasteiger partial charge in [-0.25, -0.2) is 4.98 Å². The summed E-state index contributed by atoms with van der Waals surface area (Å²) in [6, 6.07) is 3.99. The summed E-state index contributed by atoms with van der Waals surface area (Å²) < 4.78 is 2.11. The number of amides is 1. The van der Waals surface area contributed by atoms with Gasteiger partial charge in [-0.2, -0.15) is 0 Å². The number of rotatable bonds is 5. The molecule has 0 unspecified atom stereocenters. The number of carbonyl (C=O) groups is 2. The molecular formula is C20H27N3O3. The van der Waals surface area contributed by atoms with E-state index in [1.807, 2.05) is 39.8 Å². The number of aromatic nitrogens is 2. The van der Waals surface area contributed by atoms with Crippen LogP contribution in [0.2, 0.25) is 0 Å². The van der Waals surface area contributed by atoms with Crippen molar-refractivity contribution in [3.8, 4) is 0 Å². The molecule has 1 saturated carbocycles. The van der Waals surface area contributed by atoms with Crippen molar-refractivity contribution in [2.45, 2.75) is 65.8 Å². The predicted molar refractivity (Wildman–Crippen MR) is 101 cm³/mol. The first-order chi connectivity index (χ1) is 12.2. The smallest absolute Gasteiger partial charge is 0.307 e. The average Bonchev–Trinajstić information content (AvgIpc) is 2.77. The second-order valence-electron chi connectivity index (χ2n) is 8.46. The van der Waals surface area contributed by atoms with Crippen LogP contribution in [-0.2, 0) is 16.0 Å². The van der Waals surface area contributed by atoms with Gasteiger partial charge in [0.2, 0.25) is 11.9 Å². The van der Waals surface area contributed by atoms with Gasteiger partial charge in [0.05, 0.1) is 17.5 Å². The maximum atomic E-state index is 12.4. The van der Waals surface area contributed by atoms with Crippen LogP contribution >= 0.6 is 0 Å². The van der Waals surface area contributed by atoms with Gasteiger partial charge < -0.3 is 9.67 Å². The standard InChI is InChI=1S/C20H27N3O3/c1-12-13(10-17(25)26)8-9-15-18(12)23(14-6-5-7-14)19(21-15)22-16(24)11-20(2,3)4/h8-9,14H,5-7,10-11H2,1-4H3,(H,25,26)(H,21,22,24). The lowest BCUT2D eigenvalue weighted by molar-refractivity contribution is -0.136. The van der Waals surface area contributed by atoms with E-state index in [1.165, 1.54) is 0 Å². The molecule has 1 amide bonds. The van der Waals surface area contributed by atoms with E-state index in [4.69, 9.17) is 5.11 Å². The number of nitrogens with one attached hydrogen (secondary N) is 1. The van der Waals surface area contributed by atoms with E-state index in [1.54, 1.807) is 0 Å². The summed E-state index contributed by atoms with van der Waals surface area (Å²) in [5.41, 5.74) is 3.37. The Morgan fingerprint density at radius 1 is 1.31 bits per heavy atom. The third-order valence-corrected chi connectivity index (χ3v) is 4.94. The Kier molecular flexibility index (Phi) is 4.78. The van der Waals surface area contributed by atoms with Crippen molar-refractivity contribution in [1.29, 1.82) is 0 Å². The summed E-state index contributed by atoms with van der Waals surface area (Å²) in [5, 5.41) is 12.1. The van der Waals surface area contributed by atoms with Crippen molar-refractivity contribution in [2.24, 2.45) is 5.41 Å². The average molecular weight is 357 g/mol. The van der Waals surface area contributed by atoms with Crippen molar-refractivity contribution >= 4 is 28.9 Å². The second kappa shape index (κ2) is 6.74. The molecule has 2 N–H and O–H groups in total. The van der Waals surface area contributed by atoms with E-state index in [2.05, 4.69) is 14.9 Å². The van der Waals surface area contributed by atoms with E-state index in [9.17, 15) is 9.59 Å². The molecule has 1 aliphatic carbocycles. The number of hydrogen-bond acceptors (Lipinski definition) is 3. The molecule has 1 aromatic carbocycles. The predicted octanol–water partition coefficient (Wildman–Crippen LogP) is 4.07. The van der Waals surface area contributed by atoms with Gasteiger partial charge in [-0.15, -0.1) is 0 Å². The molecule has 140 valence electrons. The van der Waals surface area contributed by atoms with Gasteiger partial charge in [0, 0.05) is 12.5 Å². The minimum atomic E-state index is -0.846. The summed E-state index contributed by atoms with van der Waals surface area (Å²) in [7, 11) is 0. The van der Waals surface area contributed by atoms with Crippen LogP contribution in [0.5, 0.6) is 0 Å². The molecule has 1 heterocycles. The van der Waals surface area contributed by atoms with E-state index in [-0.39, 0.29) is 17.7 Å². The number of carbonyl (C=O) groups excluding carboxylic acids is 1. The van der Waals surface area contributed by atoms with Crippen LogP contribution in [0.1, 0.15) is 63.6 Å². The first-order valence-corrected chi connectivity index (χ1v) is 9.18. The van der Waals surface area contributed by atoms with Crippen LogP contribution in [0.25, 0.3) is 11.0 Å². The van der Waals surface area contributed by atoms with Crippen molar-refractivity contribution in [1.82, 2.24) is 9.55 Å². The Morgan fingerprint density at radius 3 is 2.54 bits per heavy atom. The molecule has 6 heteroatoms. The first-order valence-electron chi connectivity index (χ1n) is 9.18. The fraction of sp³-hybridized carbons (Fsp3) is 0.550. The number of carboxylic acid groups (broad SMARTS) is 1. The second-order valence-corrected chi connectivity index (χ2v) is 8.46. The monoisotopic (exact) mass is 357 g/mol. The first kappa shape index (κ1) is 18.4. The molecule has 1 aliphatic rings. The Hall–Kier alpha value is -2.37. The minimum absolute atomic E-state index is 0.0106. The summed E-state index contributed by atoms with van der Waals surface area (Å²) >= 11 is 0. The van der Waals surface area contributed by atoms with E-state index in [0.717, 1.165) is 41.4 Å². The fourth-order valence-corrected chi connectivity index (χ4v) is 3.49. The molecule has 6 nitrogen and oxygen atoms in total. The van der Waals surface area contributed by atoms with Crippen LogP contribution in [0, 0.1) is 12.3 Å². The topological polar surface area (TPSA) is 84.2 Å². The van der Waals surface area contributed by atoms with E-state index < -0.39 is 5.97 Å². The van der Waals surface area contributed by atoms with Gasteiger partial charge in [-0.1, -0.05) is 26.8 Å². The molecule has 0 bridgehead atoms. The highest BCUT2D eigenvalue weighted by Gasteiger charge is 2.27. The maximum absolute atomic E-state index is 12.4. The molecule has 1 fully saturated rings. The van der Waals surface area contributed by atoms with Gasteiger partial charge in [0.15, 0.2) is 0 Å². The zero-order chi connectivity index (χ0) is 19.1. The molecule has 0 saturated heterocycles. The van der Waals surface area contributed by atoms with Crippen LogP contribution in [0.15, 0.2) is 12.1 Å². The summed E-state index contributed by atoms with van der Waals surface area (Å²) in [5.74, 6) is -0.313. The van der Waals surface area contributed by atoms with Gasteiger partial charge >= 0.3 is 5.97 Å². The Bertz CT molecular complexity index is 857. The van der Waals surface area contributed by atoms with E-state index in [0.29, 0.717) is 18.4 Å². The third-order valence-electron chi connectivity index (χ3n) is 4.94. The molecule has 1 aromatic heterocycles. The normalized spacial score (nSPS) is 15.1. The lowest BCUT2D eigenvalue weighted by Gasteiger charge is -2.30. The third kappa shape index (κ3) is 3.74. The van der Waals surface area contributed by atoms with Crippen molar-refractivity contribution in [3.05, 3.63) is 23.3 Å². The largest absolute Gasteiger partial charge is 0.481 e. The Balaban J connectivity index is 2.04. The number of hydrogen-bond donors (Lipinski definition) is 2. The minimum Gasteiger partial charge on any atom is -0.481 e. The Labute approximate surface area is 153 Å². The van der Waals surface area contributed by atoms with E-state index >= 15 is 0 Å². The summed E-state index contributed by atoms with van der Waals surface area (Å²) in [6.07, 6.45) is 3.67. The van der Waals surface area contributed by atoms with Gasteiger partial charge in [-0.3, -0.25) is 14.9 Å². The highest BCUT2D eigenvalue weighted by atomic mass is 16.4.